The third-order valence-electron chi connectivity index (χ3n) is 4.58. The van der Waals surface area contributed by atoms with E-state index in [9.17, 15) is 4.79 Å². The molecule has 0 spiro atoms. The number of fused-ring (bicyclic) bond motifs is 2. The molecule has 2 aromatic heterocycles. The Bertz CT molecular complexity index is 1340. The highest BCUT2D eigenvalue weighted by Crippen LogP contribution is 2.26. The molecule has 1 aliphatic heterocycles. The van der Waals surface area contributed by atoms with Crippen LogP contribution in [0.1, 0.15) is 12.5 Å². The Morgan fingerprint density at radius 3 is 2.83 bits per heavy atom. The van der Waals surface area contributed by atoms with E-state index in [1.54, 1.807) is 0 Å². The summed E-state index contributed by atoms with van der Waals surface area (Å²) in [5, 5.41) is 4.40. The van der Waals surface area contributed by atoms with Crippen LogP contribution in [-0.4, -0.2) is 27.8 Å². The summed E-state index contributed by atoms with van der Waals surface area (Å²) in [5.41, 5.74) is 2.62. The van der Waals surface area contributed by atoms with Crippen LogP contribution in [0.5, 0.6) is 11.5 Å². The van der Waals surface area contributed by atoms with Gasteiger partial charge in [-0.25, -0.2) is 0 Å². The molecule has 0 bridgehead atoms. The highest BCUT2D eigenvalue weighted by Gasteiger charge is 2.14. The van der Waals surface area contributed by atoms with Gasteiger partial charge in [-0.3, -0.25) is 4.79 Å². The number of aromatic nitrogens is 3. The lowest BCUT2D eigenvalue weighted by atomic mass is 10.1. The summed E-state index contributed by atoms with van der Waals surface area (Å²) in [4.78, 5) is 17.9. The number of benzene rings is 2. The minimum absolute atomic E-state index is 0.172. The quantitative estimate of drug-likeness (QED) is 0.524. The number of thiazole rings is 1. The normalized spacial score (nSPS) is 13.8. The summed E-state index contributed by atoms with van der Waals surface area (Å²) in [6, 6.07) is 15.4. The topological polar surface area (TPSA) is 65.7 Å². The van der Waals surface area contributed by atoms with Gasteiger partial charge in [-0.05, 0) is 55.0 Å². The van der Waals surface area contributed by atoms with Gasteiger partial charge in [0.15, 0.2) is 5.82 Å². The molecule has 0 atom stereocenters. The maximum absolute atomic E-state index is 12.8. The van der Waals surface area contributed by atoms with Crippen molar-refractivity contribution in [3.05, 3.63) is 74.6 Å². The first kappa shape index (κ1) is 17.6. The van der Waals surface area contributed by atoms with Crippen molar-refractivity contribution in [3.63, 3.8) is 0 Å². The zero-order valence-corrected chi connectivity index (χ0v) is 16.5. The standard InChI is InChI=1S/C22H17N3O3S/c1-2-27-17-9-7-15(8-10-17)20-23-22-25(24-20)21(26)19(29-22)12-14-11-16-5-3-4-6-18(16)28-13-14/h3-12H,2,13H2,1H3/b19-12+. The Morgan fingerprint density at radius 1 is 1.21 bits per heavy atom. The Kier molecular flexibility index (Phi) is 4.37. The van der Waals surface area contributed by atoms with Gasteiger partial charge in [0, 0.05) is 11.1 Å². The van der Waals surface area contributed by atoms with Crippen LogP contribution in [0, 0.1) is 0 Å². The molecule has 0 saturated carbocycles. The van der Waals surface area contributed by atoms with Gasteiger partial charge in [-0.1, -0.05) is 29.5 Å². The van der Waals surface area contributed by atoms with Crippen molar-refractivity contribution in [2.45, 2.75) is 6.92 Å². The maximum Gasteiger partial charge on any atom is 0.291 e. The van der Waals surface area contributed by atoms with Crippen LogP contribution in [0.15, 0.2) is 58.9 Å². The fraction of sp³-hybridized carbons (Fsp3) is 0.136. The van der Waals surface area contributed by atoms with Crippen molar-refractivity contribution < 1.29 is 9.47 Å². The number of rotatable bonds is 4. The molecule has 0 fully saturated rings. The molecule has 3 heterocycles. The minimum Gasteiger partial charge on any atom is -0.494 e. The second kappa shape index (κ2) is 7.18. The molecule has 4 aromatic rings. The highest BCUT2D eigenvalue weighted by molar-refractivity contribution is 7.15. The first-order valence-corrected chi connectivity index (χ1v) is 10.1. The predicted molar refractivity (Wildman–Crippen MR) is 113 cm³/mol. The lowest BCUT2D eigenvalue weighted by Crippen LogP contribution is -2.24. The van der Waals surface area contributed by atoms with Gasteiger partial charge in [0.2, 0.25) is 4.96 Å². The van der Waals surface area contributed by atoms with Crippen LogP contribution in [0.3, 0.4) is 0 Å². The minimum atomic E-state index is -0.172. The summed E-state index contributed by atoms with van der Waals surface area (Å²) < 4.78 is 13.2. The van der Waals surface area contributed by atoms with E-state index in [4.69, 9.17) is 9.47 Å². The number of hydrogen-bond donors (Lipinski definition) is 0. The smallest absolute Gasteiger partial charge is 0.291 e. The van der Waals surface area contributed by atoms with Gasteiger partial charge >= 0.3 is 0 Å². The summed E-state index contributed by atoms with van der Waals surface area (Å²) in [6.07, 6.45) is 3.90. The zero-order chi connectivity index (χ0) is 19.8. The van der Waals surface area contributed by atoms with Crippen LogP contribution in [0.25, 0.3) is 28.5 Å². The van der Waals surface area contributed by atoms with Crippen molar-refractivity contribution in [1.29, 1.82) is 0 Å². The predicted octanol–water partition coefficient (Wildman–Crippen LogP) is 3.19. The molecule has 144 valence electrons. The molecule has 1 aliphatic rings. The van der Waals surface area contributed by atoms with Gasteiger partial charge in [0.25, 0.3) is 5.56 Å². The molecule has 7 heteroatoms. The van der Waals surface area contributed by atoms with Crippen LogP contribution in [0.2, 0.25) is 0 Å². The molecule has 6 nitrogen and oxygen atoms in total. The molecule has 0 unspecified atom stereocenters. The largest absolute Gasteiger partial charge is 0.494 e. The average molecular weight is 403 g/mol. The number of ether oxygens (including phenoxy) is 2. The van der Waals surface area contributed by atoms with Crippen LogP contribution < -0.4 is 19.6 Å². The molecule has 2 aromatic carbocycles. The van der Waals surface area contributed by atoms with Crippen LogP contribution >= 0.6 is 11.3 Å². The second-order valence-corrected chi connectivity index (χ2v) is 7.56. The van der Waals surface area contributed by atoms with E-state index in [2.05, 4.69) is 10.1 Å². The van der Waals surface area contributed by atoms with Gasteiger partial charge in [0.05, 0.1) is 11.1 Å². The summed E-state index contributed by atoms with van der Waals surface area (Å²) >= 11 is 1.33. The third-order valence-corrected chi connectivity index (χ3v) is 5.54. The van der Waals surface area contributed by atoms with Crippen LogP contribution in [-0.2, 0) is 0 Å². The maximum atomic E-state index is 12.8. The Balaban J connectivity index is 1.49. The molecule has 0 radical (unpaired) electrons. The summed E-state index contributed by atoms with van der Waals surface area (Å²) in [5.74, 6) is 2.18. The Morgan fingerprint density at radius 2 is 2.03 bits per heavy atom. The van der Waals surface area contributed by atoms with Gasteiger partial charge in [0.1, 0.15) is 18.1 Å². The molecule has 0 aliphatic carbocycles. The summed E-state index contributed by atoms with van der Waals surface area (Å²) in [6.45, 7) is 2.99. The van der Waals surface area contributed by atoms with Crippen molar-refractivity contribution in [3.8, 4) is 22.9 Å². The molecular formula is C22H17N3O3S. The van der Waals surface area contributed by atoms with E-state index in [0.29, 0.717) is 28.5 Å². The number of para-hydroxylation sites is 1. The number of hydrogen-bond acceptors (Lipinski definition) is 6. The lowest BCUT2D eigenvalue weighted by Gasteiger charge is -2.15. The Hall–Kier alpha value is -3.45. The van der Waals surface area contributed by atoms with E-state index < -0.39 is 0 Å². The van der Waals surface area contributed by atoms with Crippen molar-refractivity contribution >= 4 is 28.4 Å². The van der Waals surface area contributed by atoms with E-state index in [0.717, 1.165) is 28.2 Å². The molecule has 0 N–H and O–H groups in total. The van der Waals surface area contributed by atoms with Crippen LogP contribution in [0.4, 0.5) is 0 Å². The first-order valence-electron chi connectivity index (χ1n) is 9.28. The Labute approximate surface area is 170 Å². The van der Waals surface area contributed by atoms with E-state index >= 15 is 0 Å². The third kappa shape index (κ3) is 3.30. The molecule has 0 amide bonds. The molecular weight excluding hydrogens is 386 g/mol. The van der Waals surface area contributed by atoms with Gasteiger partial charge < -0.3 is 9.47 Å². The molecule has 5 rings (SSSR count). The number of nitrogens with zero attached hydrogens (tertiary/aromatic N) is 3. The lowest BCUT2D eigenvalue weighted by molar-refractivity contribution is 0.340. The van der Waals surface area contributed by atoms with Gasteiger partial charge in [-0.2, -0.15) is 9.50 Å². The van der Waals surface area contributed by atoms with E-state index in [1.807, 2.05) is 67.6 Å². The van der Waals surface area contributed by atoms with Crippen molar-refractivity contribution in [2.24, 2.45) is 0 Å². The van der Waals surface area contributed by atoms with Gasteiger partial charge in [-0.15, -0.1) is 5.10 Å². The SMILES string of the molecule is CCOc1ccc(-c2nc3s/c(=C/C4=Cc5ccccc5OC4)c(=O)n3n2)cc1. The highest BCUT2D eigenvalue weighted by atomic mass is 32.1. The zero-order valence-electron chi connectivity index (χ0n) is 15.7. The molecule has 29 heavy (non-hydrogen) atoms. The monoisotopic (exact) mass is 403 g/mol. The second-order valence-electron chi connectivity index (χ2n) is 6.55. The van der Waals surface area contributed by atoms with Crippen molar-refractivity contribution in [1.82, 2.24) is 14.6 Å². The molecule has 0 saturated heterocycles. The fourth-order valence-corrected chi connectivity index (χ4v) is 4.13. The summed E-state index contributed by atoms with van der Waals surface area (Å²) in [7, 11) is 0. The van der Waals surface area contributed by atoms with E-state index in [-0.39, 0.29) is 5.56 Å². The van der Waals surface area contributed by atoms with E-state index in [1.165, 1.54) is 15.9 Å². The first-order chi connectivity index (χ1) is 14.2. The fourth-order valence-electron chi connectivity index (χ4n) is 3.21. The van der Waals surface area contributed by atoms with Crippen molar-refractivity contribution in [2.75, 3.05) is 13.2 Å². The average Bonchev–Trinajstić information content (AvgIpc) is 3.28.